The lowest BCUT2D eigenvalue weighted by atomic mass is 10.1. The van der Waals surface area contributed by atoms with Crippen LogP contribution >= 0.6 is 24.0 Å². The normalized spacial score (nSPS) is 11.5. The molecule has 0 aliphatic rings. The fraction of sp³-hybridized carbons (Fsp3) is 0.125. The van der Waals surface area contributed by atoms with Crippen LogP contribution < -0.4 is 5.48 Å². The number of hydrogen-bond acceptors (Lipinski definition) is 3. The Labute approximate surface area is 87.1 Å². The Morgan fingerprint density at radius 3 is 2.31 bits per heavy atom. The lowest BCUT2D eigenvalue weighted by molar-refractivity contribution is -0.116. The second kappa shape index (κ2) is 5.94. The zero-order valence-corrected chi connectivity index (χ0v) is 8.18. The summed E-state index contributed by atoms with van der Waals surface area (Å²) in [5.41, 5.74) is 2.48. The van der Waals surface area contributed by atoms with Crippen LogP contribution in [-0.2, 0) is 4.79 Å². The van der Waals surface area contributed by atoms with Gasteiger partial charge in [0.15, 0.2) is 0 Å². The molecule has 0 radical (unpaired) electrons. The van der Waals surface area contributed by atoms with Gasteiger partial charge in [0.25, 0.3) is 0 Å². The maximum atomic E-state index is 10.7. The van der Waals surface area contributed by atoms with Crippen molar-refractivity contribution in [3.63, 3.8) is 0 Å². The number of benzene rings is 1. The molecule has 0 bridgehead atoms. The summed E-state index contributed by atoms with van der Waals surface area (Å²) in [6, 6.07) is 7.91. The molecule has 0 aliphatic heterocycles. The van der Waals surface area contributed by atoms with Gasteiger partial charge in [-0.05, 0) is 17.2 Å². The molecule has 1 aromatic rings. The number of hydrogen-bond donors (Lipinski definition) is 2. The highest BCUT2D eigenvalue weighted by atomic mass is 35.5. The minimum atomic E-state index is -0.840. The Morgan fingerprint density at radius 2 is 1.92 bits per heavy atom. The summed E-state index contributed by atoms with van der Waals surface area (Å²) in [7, 11) is 0. The quantitative estimate of drug-likeness (QED) is 0.606. The van der Waals surface area contributed by atoms with Crippen LogP contribution in [0.1, 0.15) is 11.6 Å². The van der Waals surface area contributed by atoms with Crippen LogP contribution in [0.4, 0.5) is 0 Å². The highest BCUT2D eigenvalue weighted by molar-refractivity contribution is 6.64. The third kappa shape index (κ3) is 3.32. The summed E-state index contributed by atoms with van der Waals surface area (Å²) in [5.74, 6) is 0. The topological polar surface area (TPSA) is 49.3 Å². The van der Waals surface area contributed by atoms with Crippen LogP contribution in [0.15, 0.2) is 30.3 Å². The summed E-state index contributed by atoms with van der Waals surface area (Å²) >= 11 is 5.22. The molecule has 0 aliphatic carbocycles. The van der Waals surface area contributed by atoms with Crippen LogP contribution in [0.2, 0.25) is 0 Å². The van der Waals surface area contributed by atoms with Crippen molar-refractivity contribution in [2.75, 3.05) is 0 Å². The van der Waals surface area contributed by atoms with Gasteiger partial charge in [-0.1, -0.05) is 30.3 Å². The fourth-order valence-electron chi connectivity index (χ4n) is 0.902. The summed E-state index contributed by atoms with van der Waals surface area (Å²) < 4.78 is 0. The van der Waals surface area contributed by atoms with Crippen molar-refractivity contribution in [3.8, 4) is 0 Å². The number of carbonyl (C=O) groups is 1. The molecule has 1 atom stereocenters. The second-order valence-corrected chi connectivity index (χ2v) is 2.65. The molecule has 1 unspecified atom stereocenters. The maximum Gasteiger partial charge on any atom is 0.245 e. The van der Waals surface area contributed by atoms with Gasteiger partial charge in [0.05, 0.1) is 0 Å². The maximum absolute atomic E-state index is 10.7. The van der Waals surface area contributed by atoms with Crippen LogP contribution in [0.3, 0.4) is 0 Å². The van der Waals surface area contributed by atoms with E-state index >= 15 is 0 Å². The summed E-state index contributed by atoms with van der Waals surface area (Å²) in [6.45, 7) is 0. The Balaban J connectivity index is 0.00000144. The van der Waals surface area contributed by atoms with Crippen LogP contribution in [-0.4, -0.2) is 10.4 Å². The number of halogens is 2. The smallest absolute Gasteiger partial charge is 0.245 e. The number of nitrogens with one attached hydrogen (secondary N) is 1. The molecule has 0 saturated heterocycles. The number of rotatable bonds is 3. The molecule has 2 N–H and O–H groups in total. The van der Waals surface area contributed by atoms with Gasteiger partial charge in [-0.25, -0.2) is 0 Å². The Morgan fingerprint density at radius 1 is 1.38 bits per heavy atom. The van der Waals surface area contributed by atoms with E-state index in [-0.39, 0.29) is 12.4 Å². The first-order valence-electron chi connectivity index (χ1n) is 3.39. The van der Waals surface area contributed by atoms with E-state index in [1.807, 2.05) is 11.5 Å². The standard InChI is InChI=1S/C8H8ClNO2.ClH/c9-8(11)7(10-12)6-4-2-1-3-5-6;/h1-5,7,10,12H;1H. The van der Waals surface area contributed by atoms with E-state index in [4.69, 9.17) is 16.8 Å². The molecule has 0 heterocycles. The van der Waals surface area contributed by atoms with Crippen molar-refractivity contribution in [2.45, 2.75) is 6.04 Å². The largest absolute Gasteiger partial charge is 0.316 e. The van der Waals surface area contributed by atoms with E-state index in [1.165, 1.54) is 0 Å². The molecular weight excluding hydrogens is 213 g/mol. The van der Waals surface area contributed by atoms with Gasteiger partial charge in [0.2, 0.25) is 5.24 Å². The van der Waals surface area contributed by atoms with Gasteiger partial charge >= 0.3 is 0 Å². The Hall–Kier alpha value is -0.610. The molecule has 0 amide bonds. The average Bonchev–Trinajstić information content (AvgIpc) is 2.07. The number of carbonyl (C=O) groups excluding carboxylic acids is 1. The predicted molar refractivity (Wildman–Crippen MR) is 52.2 cm³/mol. The van der Waals surface area contributed by atoms with Crippen molar-refractivity contribution < 1.29 is 10.0 Å². The average molecular weight is 222 g/mol. The molecule has 0 aromatic heterocycles. The highest BCUT2D eigenvalue weighted by Crippen LogP contribution is 2.14. The zero-order chi connectivity index (χ0) is 8.97. The molecule has 13 heavy (non-hydrogen) atoms. The van der Waals surface area contributed by atoms with E-state index < -0.39 is 11.3 Å². The Kier molecular flexibility index (Phi) is 5.66. The van der Waals surface area contributed by atoms with Gasteiger partial charge in [0.1, 0.15) is 6.04 Å². The monoisotopic (exact) mass is 221 g/mol. The minimum absolute atomic E-state index is 0. The molecule has 0 fully saturated rings. The molecule has 0 spiro atoms. The lowest BCUT2D eigenvalue weighted by Gasteiger charge is -2.09. The predicted octanol–water partition coefficient (Wildman–Crippen LogP) is 1.89. The summed E-state index contributed by atoms with van der Waals surface area (Å²) in [4.78, 5) is 10.7. The lowest BCUT2D eigenvalue weighted by Crippen LogP contribution is -2.22. The van der Waals surface area contributed by atoms with Gasteiger partial charge in [0, 0.05) is 0 Å². The minimum Gasteiger partial charge on any atom is -0.316 e. The SMILES string of the molecule is Cl.O=C(Cl)C(NO)c1ccccc1. The summed E-state index contributed by atoms with van der Waals surface area (Å²) in [6.07, 6.45) is 0. The Bertz CT molecular complexity index is 266. The third-order valence-corrected chi connectivity index (χ3v) is 1.71. The van der Waals surface area contributed by atoms with Crippen LogP contribution in [0.25, 0.3) is 0 Å². The summed E-state index contributed by atoms with van der Waals surface area (Å²) in [5, 5.41) is 7.96. The first-order chi connectivity index (χ1) is 5.75. The van der Waals surface area contributed by atoms with Gasteiger partial charge in [-0.15, -0.1) is 12.4 Å². The van der Waals surface area contributed by atoms with E-state index in [9.17, 15) is 4.79 Å². The van der Waals surface area contributed by atoms with Gasteiger partial charge in [-0.2, -0.15) is 5.48 Å². The van der Waals surface area contributed by atoms with E-state index in [1.54, 1.807) is 24.3 Å². The van der Waals surface area contributed by atoms with Crippen LogP contribution in [0, 0.1) is 0 Å². The van der Waals surface area contributed by atoms with Gasteiger partial charge in [-0.3, -0.25) is 4.79 Å². The van der Waals surface area contributed by atoms with Crippen molar-refractivity contribution in [3.05, 3.63) is 35.9 Å². The molecule has 1 rings (SSSR count). The third-order valence-electron chi connectivity index (χ3n) is 1.49. The fourth-order valence-corrected chi connectivity index (χ4v) is 1.08. The highest BCUT2D eigenvalue weighted by Gasteiger charge is 2.16. The zero-order valence-electron chi connectivity index (χ0n) is 6.61. The van der Waals surface area contributed by atoms with Crippen molar-refractivity contribution >= 4 is 29.3 Å². The second-order valence-electron chi connectivity index (χ2n) is 2.28. The first kappa shape index (κ1) is 12.4. The van der Waals surface area contributed by atoms with Crippen molar-refractivity contribution in [1.82, 2.24) is 5.48 Å². The van der Waals surface area contributed by atoms with Crippen LogP contribution in [0.5, 0.6) is 0 Å². The molecule has 3 nitrogen and oxygen atoms in total. The van der Waals surface area contributed by atoms with Gasteiger partial charge < -0.3 is 5.21 Å². The van der Waals surface area contributed by atoms with Crippen molar-refractivity contribution in [1.29, 1.82) is 0 Å². The van der Waals surface area contributed by atoms with E-state index in [2.05, 4.69) is 0 Å². The van der Waals surface area contributed by atoms with Crippen molar-refractivity contribution in [2.24, 2.45) is 0 Å². The number of hydroxylamine groups is 1. The molecule has 72 valence electrons. The molecule has 5 heteroatoms. The molecule has 0 saturated carbocycles. The molecule has 1 aromatic carbocycles. The molecular formula is C8H9Cl2NO2. The van der Waals surface area contributed by atoms with E-state index in [0.29, 0.717) is 5.56 Å². The first-order valence-corrected chi connectivity index (χ1v) is 3.77. The van der Waals surface area contributed by atoms with E-state index in [0.717, 1.165) is 0 Å².